The van der Waals surface area contributed by atoms with Crippen molar-refractivity contribution in [1.82, 2.24) is 0 Å². The first-order valence-corrected chi connectivity index (χ1v) is 17.1. The number of rotatable bonds is 9. The lowest BCUT2D eigenvalue weighted by Gasteiger charge is -2.22. The average molecular weight is 992 g/mol. The van der Waals surface area contributed by atoms with E-state index in [1.54, 1.807) is 0 Å². The van der Waals surface area contributed by atoms with E-state index < -0.39 is 214 Å². The molecule has 0 heterocycles. The summed E-state index contributed by atoms with van der Waals surface area (Å²) in [5.74, 6) is -79.0. The zero-order valence-electron chi connectivity index (χ0n) is 31.9. The molecule has 0 bridgehead atoms. The third-order valence-electron chi connectivity index (χ3n) is 9.51. The van der Waals surface area contributed by atoms with Crippen LogP contribution < -0.4 is 14.0 Å². The van der Waals surface area contributed by atoms with Gasteiger partial charge in [0, 0.05) is 16.7 Å². The van der Waals surface area contributed by atoms with Gasteiger partial charge in [0.05, 0.1) is 33.4 Å². The maximum absolute atomic E-state index is 16.1. The van der Waals surface area contributed by atoms with Gasteiger partial charge in [-0.25, -0.2) is 92.2 Å². The molecule has 0 spiro atoms. The fraction of sp³-hybridized carbons (Fsp3) is 0.0769. The molecule has 0 aliphatic heterocycles. The van der Waals surface area contributed by atoms with Gasteiger partial charge in [0.1, 0.15) is 17.5 Å². The fourth-order valence-electron chi connectivity index (χ4n) is 6.08. The highest BCUT2D eigenvalue weighted by atomic mass is 19.2. The van der Waals surface area contributed by atoms with Crippen molar-refractivity contribution < 1.29 is 119 Å². The SMILES string of the molecule is Cc1c(F)c(F)c(F)c(-c2c(F)c(F)c(F)c(OB(Oc3c(F)c(F)c(F)c(-c4c(F)c(C)c(F)c(F)c4F)c3F)Oc3c(F)c(F)c(F)c(-c4c(F)c(C)c(F)c(F)c4F)c3F)c2F)c1F. The predicted molar refractivity (Wildman–Crippen MR) is 176 cm³/mol. The lowest BCUT2D eigenvalue weighted by Crippen LogP contribution is -2.39. The van der Waals surface area contributed by atoms with Gasteiger partial charge < -0.3 is 14.0 Å². The summed E-state index contributed by atoms with van der Waals surface area (Å²) in [6.45, 7) is 0.788. The van der Waals surface area contributed by atoms with E-state index in [0.717, 1.165) is 0 Å². The fourth-order valence-corrected chi connectivity index (χ4v) is 6.08. The van der Waals surface area contributed by atoms with E-state index in [0.29, 0.717) is 0 Å². The maximum atomic E-state index is 16.1. The second kappa shape index (κ2) is 17.4. The first-order valence-electron chi connectivity index (χ1n) is 17.1. The van der Waals surface area contributed by atoms with Crippen LogP contribution in [0.3, 0.4) is 0 Å². The van der Waals surface area contributed by atoms with Crippen LogP contribution in [0, 0.1) is 160 Å². The predicted octanol–water partition coefficient (Wildman–Crippen LogP) is 13.5. The highest BCUT2D eigenvalue weighted by Crippen LogP contribution is 2.45. The minimum atomic E-state index is -4.41. The Kier molecular flexibility index (Phi) is 12.9. The van der Waals surface area contributed by atoms with Gasteiger partial charge in [-0.2, -0.15) is 13.2 Å². The van der Waals surface area contributed by atoms with Gasteiger partial charge in [-0.05, 0) is 20.8 Å². The smallest absolute Gasteiger partial charge is 0.484 e. The van der Waals surface area contributed by atoms with Crippen LogP contribution >= 0.6 is 0 Å². The van der Waals surface area contributed by atoms with Gasteiger partial charge >= 0.3 is 7.32 Å². The second-order valence-corrected chi connectivity index (χ2v) is 13.3. The molecule has 0 saturated heterocycles. The Bertz CT molecular complexity index is 2740. The molecule has 0 atom stereocenters. The molecule has 0 N–H and O–H groups in total. The Morgan fingerprint density at radius 3 is 0.552 bits per heavy atom. The molecule has 0 fully saturated rings. The van der Waals surface area contributed by atoms with Crippen LogP contribution in [0.4, 0.5) is 105 Å². The van der Waals surface area contributed by atoms with Gasteiger partial charge in [0.2, 0.25) is 17.5 Å². The lowest BCUT2D eigenvalue weighted by atomic mass is 9.98. The Morgan fingerprint density at radius 1 is 0.194 bits per heavy atom. The van der Waals surface area contributed by atoms with Crippen molar-refractivity contribution in [1.29, 1.82) is 0 Å². The van der Waals surface area contributed by atoms with E-state index >= 15 is 65.9 Å². The van der Waals surface area contributed by atoms with Crippen LogP contribution in [0.15, 0.2) is 0 Å². The minimum absolute atomic E-state index is 0.263. The summed E-state index contributed by atoms with van der Waals surface area (Å²) in [6, 6.07) is 0. The molecule has 67 heavy (non-hydrogen) atoms. The molecule has 354 valence electrons. The average Bonchev–Trinajstić information content (AvgIpc) is 3.29. The first-order chi connectivity index (χ1) is 31.0. The normalized spacial score (nSPS) is 11.5. The zero-order valence-corrected chi connectivity index (χ0v) is 31.9. The molecular weight excluding hydrogens is 983 g/mol. The van der Waals surface area contributed by atoms with Crippen molar-refractivity contribution in [3.8, 4) is 50.6 Å². The topological polar surface area (TPSA) is 27.7 Å². The van der Waals surface area contributed by atoms with E-state index in [1.165, 1.54) is 0 Å². The lowest BCUT2D eigenvalue weighted by molar-refractivity contribution is 0.259. The Morgan fingerprint density at radius 2 is 0.358 bits per heavy atom. The Balaban J connectivity index is 1.69. The van der Waals surface area contributed by atoms with Crippen molar-refractivity contribution >= 4 is 7.32 Å². The molecule has 28 heteroatoms. The number of halogens is 24. The highest BCUT2D eigenvalue weighted by Gasteiger charge is 2.44. The van der Waals surface area contributed by atoms with Crippen molar-refractivity contribution in [2.24, 2.45) is 0 Å². The Hall–Kier alpha value is -6.90. The molecule has 6 aromatic carbocycles. The van der Waals surface area contributed by atoms with Gasteiger partial charge in [-0.1, -0.05) is 0 Å². The van der Waals surface area contributed by atoms with E-state index in [2.05, 4.69) is 14.0 Å². The highest BCUT2D eigenvalue weighted by molar-refractivity contribution is 6.39. The van der Waals surface area contributed by atoms with Gasteiger partial charge in [0.15, 0.2) is 122 Å². The van der Waals surface area contributed by atoms with Gasteiger partial charge in [0.25, 0.3) is 0 Å². The number of hydrogen-bond acceptors (Lipinski definition) is 3. The summed E-state index contributed by atoms with van der Waals surface area (Å²) in [5, 5.41) is 0. The molecule has 0 aliphatic carbocycles. The van der Waals surface area contributed by atoms with Crippen LogP contribution in [0.1, 0.15) is 16.7 Å². The van der Waals surface area contributed by atoms with Crippen molar-refractivity contribution in [3.63, 3.8) is 0 Å². The second-order valence-electron chi connectivity index (χ2n) is 13.3. The summed E-state index contributed by atoms with van der Waals surface area (Å²) in [5.41, 5.74) is -20.5. The number of hydrogen-bond donors (Lipinski definition) is 0. The summed E-state index contributed by atoms with van der Waals surface area (Å²) < 4.78 is 373. The monoisotopic (exact) mass is 992 g/mol. The van der Waals surface area contributed by atoms with E-state index in [9.17, 15) is 39.5 Å². The van der Waals surface area contributed by atoms with E-state index in [-0.39, 0.29) is 20.8 Å². The number of benzene rings is 6. The third-order valence-corrected chi connectivity index (χ3v) is 9.51. The van der Waals surface area contributed by atoms with Crippen LogP contribution in [0.5, 0.6) is 17.2 Å². The molecule has 3 nitrogen and oxygen atoms in total. The van der Waals surface area contributed by atoms with Crippen LogP contribution in [-0.4, -0.2) is 7.32 Å². The van der Waals surface area contributed by atoms with Crippen molar-refractivity contribution in [3.05, 3.63) is 156 Å². The van der Waals surface area contributed by atoms with Crippen molar-refractivity contribution in [2.45, 2.75) is 20.8 Å². The quantitative estimate of drug-likeness (QED) is 0.0625. The molecular formula is C39H9BF24O3. The van der Waals surface area contributed by atoms with Crippen LogP contribution in [-0.2, 0) is 0 Å². The van der Waals surface area contributed by atoms with Gasteiger partial charge in [-0.3, -0.25) is 0 Å². The van der Waals surface area contributed by atoms with Gasteiger partial charge in [-0.15, -0.1) is 0 Å². The third kappa shape index (κ3) is 7.43. The molecule has 0 amide bonds. The Labute approximate surface area is 354 Å². The standard InChI is InChI=1S/C39H9BF24O3/c1-4-13(41)7(19(47)28(56)16(4)44)10-22(50)31(59)34(62)37(25(10)53)65-40(66-38-26(54)11(23(51)32(60)35(38)63)8-14(42)5(2)17(45)29(57)20(8)48)67-39-27(55)12(24(52)33(61)36(39)64)9-15(43)6(3)18(46)30(58)21(9)49/h1-3H3. The largest absolute Gasteiger partial charge is 0.864 e. The summed E-state index contributed by atoms with van der Waals surface area (Å²) in [7, 11) is -4.41. The van der Waals surface area contributed by atoms with E-state index in [1.807, 2.05) is 0 Å². The molecule has 6 aromatic rings. The van der Waals surface area contributed by atoms with E-state index in [4.69, 9.17) is 0 Å². The molecule has 0 saturated carbocycles. The first kappa shape index (κ1) is 49.5. The molecule has 0 radical (unpaired) electrons. The minimum Gasteiger partial charge on any atom is -0.484 e. The zero-order chi connectivity index (χ0) is 50.5. The molecule has 0 aliphatic rings. The van der Waals surface area contributed by atoms with Crippen LogP contribution in [0.2, 0.25) is 0 Å². The van der Waals surface area contributed by atoms with Crippen LogP contribution in [0.25, 0.3) is 33.4 Å². The van der Waals surface area contributed by atoms with Crippen molar-refractivity contribution in [2.75, 3.05) is 0 Å². The molecule has 0 aromatic heterocycles. The maximum Gasteiger partial charge on any atom is 0.864 e. The molecule has 0 unspecified atom stereocenters. The summed E-state index contributed by atoms with van der Waals surface area (Å²) >= 11 is 0. The summed E-state index contributed by atoms with van der Waals surface area (Å²) in [4.78, 5) is 0. The molecule has 6 rings (SSSR count). The summed E-state index contributed by atoms with van der Waals surface area (Å²) in [6.07, 6.45) is 0.